The Labute approximate surface area is 102 Å². The third-order valence-electron chi connectivity index (χ3n) is 3.47. The van der Waals surface area contributed by atoms with Crippen molar-refractivity contribution in [2.45, 2.75) is 19.9 Å². The van der Waals surface area contributed by atoms with Crippen LogP contribution in [0, 0.1) is 11.3 Å². The zero-order valence-electron chi connectivity index (χ0n) is 10.6. The van der Waals surface area contributed by atoms with E-state index in [4.69, 9.17) is 9.47 Å². The minimum Gasteiger partial charge on any atom is -0.380 e. The van der Waals surface area contributed by atoms with Crippen molar-refractivity contribution in [3.63, 3.8) is 0 Å². The van der Waals surface area contributed by atoms with Crippen molar-refractivity contribution in [3.8, 4) is 0 Å². The van der Waals surface area contributed by atoms with Gasteiger partial charge in [-0.1, -0.05) is 13.8 Å². The van der Waals surface area contributed by atoms with E-state index >= 15 is 0 Å². The molecule has 2 heterocycles. The molecule has 0 aliphatic carbocycles. The molecule has 2 N–H and O–H groups in total. The maximum absolute atomic E-state index is 12.0. The van der Waals surface area contributed by atoms with Crippen molar-refractivity contribution in [1.29, 1.82) is 0 Å². The smallest absolute Gasteiger partial charge is 0.227 e. The normalized spacial score (nSPS) is 30.9. The van der Waals surface area contributed by atoms with Crippen LogP contribution in [0.25, 0.3) is 0 Å². The summed E-state index contributed by atoms with van der Waals surface area (Å²) in [5.74, 6) is 0.0427. The SMILES string of the molecule is CCNC1COCC1C(=O)NCC1(C)COC1. The van der Waals surface area contributed by atoms with Gasteiger partial charge in [0.1, 0.15) is 0 Å². The molecule has 0 aromatic rings. The summed E-state index contributed by atoms with van der Waals surface area (Å²) in [6, 6.07) is 0.158. The molecule has 0 spiro atoms. The predicted molar refractivity (Wildman–Crippen MR) is 63.7 cm³/mol. The van der Waals surface area contributed by atoms with Crippen molar-refractivity contribution in [2.75, 3.05) is 39.5 Å². The second-order valence-electron chi connectivity index (χ2n) is 5.33. The maximum Gasteiger partial charge on any atom is 0.227 e. The van der Waals surface area contributed by atoms with E-state index in [0.29, 0.717) is 19.8 Å². The molecule has 0 bridgehead atoms. The van der Waals surface area contributed by atoms with E-state index in [1.54, 1.807) is 0 Å². The molecule has 5 nitrogen and oxygen atoms in total. The van der Waals surface area contributed by atoms with Crippen molar-refractivity contribution < 1.29 is 14.3 Å². The summed E-state index contributed by atoms with van der Waals surface area (Å²) >= 11 is 0. The summed E-state index contributed by atoms with van der Waals surface area (Å²) in [4.78, 5) is 12.0. The number of carbonyl (C=O) groups excluding carboxylic acids is 1. The van der Waals surface area contributed by atoms with E-state index < -0.39 is 0 Å². The van der Waals surface area contributed by atoms with Crippen LogP contribution >= 0.6 is 0 Å². The first-order chi connectivity index (χ1) is 8.14. The molecule has 2 fully saturated rings. The molecule has 0 aromatic carbocycles. The molecule has 0 saturated carbocycles. The highest BCUT2D eigenvalue weighted by Crippen LogP contribution is 2.25. The Hall–Kier alpha value is -0.650. The summed E-state index contributed by atoms with van der Waals surface area (Å²) in [5.41, 5.74) is 0.128. The van der Waals surface area contributed by atoms with Gasteiger partial charge in [-0.05, 0) is 6.54 Å². The molecule has 2 aliphatic heterocycles. The van der Waals surface area contributed by atoms with Crippen LogP contribution in [-0.2, 0) is 14.3 Å². The van der Waals surface area contributed by atoms with Gasteiger partial charge in [-0.3, -0.25) is 4.79 Å². The van der Waals surface area contributed by atoms with E-state index in [2.05, 4.69) is 17.6 Å². The molecule has 5 heteroatoms. The maximum atomic E-state index is 12.0. The van der Waals surface area contributed by atoms with Crippen molar-refractivity contribution in [2.24, 2.45) is 11.3 Å². The lowest BCUT2D eigenvalue weighted by Gasteiger charge is -2.38. The molecule has 2 rings (SSSR count). The first-order valence-electron chi connectivity index (χ1n) is 6.31. The van der Waals surface area contributed by atoms with Crippen LogP contribution in [-0.4, -0.2) is 51.5 Å². The van der Waals surface area contributed by atoms with Gasteiger partial charge in [-0.2, -0.15) is 0 Å². The summed E-state index contributed by atoms with van der Waals surface area (Å²) in [6.07, 6.45) is 0. The van der Waals surface area contributed by atoms with Crippen molar-refractivity contribution >= 4 is 5.91 Å². The second kappa shape index (κ2) is 5.33. The number of likely N-dealkylation sites (N-methyl/N-ethyl adjacent to an activating group) is 1. The molecule has 2 saturated heterocycles. The first-order valence-corrected chi connectivity index (χ1v) is 6.31. The molecule has 1 amide bonds. The van der Waals surface area contributed by atoms with Gasteiger partial charge in [0, 0.05) is 18.0 Å². The van der Waals surface area contributed by atoms with Crippen molar-refractivity contribution in [3.05, 3.63) is 0 Å². The topological polar surface area (TPSA) is 59.6 Å². The number of ether oxygens (including phenoxy) is 2. The Bertz CT molecular complexity index is 279. The lowest BCUT2D eigenvalue weighted by molar-refractivity contribution is -0.130. The van der Waals surface area contributed by atoms with Crippen LogP contribution in [0.15, 0.2) is 0 Å². The standard InChI is InChI=1S/C12H22N2O3/c1-3-13-10-5-16-4-9(10)11(15)14-6-12(2)7-17-8-12/h9-10,13H,3-8H2,1-2H3,(H,14,15). The first kappa shape index (κ1) is 12.8. The van der Waals surface area contributed by atoms with Gasteiger partial charge in [0.15, 0.2) is 0 Å². The largest absolute Gasteiger partial charge is 0.380 e. The molecule has 0 radical (unpaired) electrons. The van der Waals surface area contributed by atoms with Crippen LogP contribution < -0.4 is 10.6 Å². The average molecular weight is 242 g/mol. The molecule has 2 aliphatic rings. The van der Waals surface area contributed by atoms with E-state index in [1.165, 1.54) is 0 Å². The van der Waals surface area contributed by atoms with Crippen LogP contribution in [0.4, 0.5) is 0 Å². The van der Waals surface area contributed by atoms with E-state index in [1.807, 2.05) is 6.92 Å². The Morgan fingerprint density at radius 1 is 1.35 bits per heavy atom. The molecule has 2 unspecified atom stereocenters. The zero-order valence-corrected chi connectivity index (χ0v) is 10.6. The summed E-state index contributed by atoms with van der Waals surface area (Å²) < 4.78 is 10.5. The average Bonchev–Trinajstić information content (AvgIpc) is 2.72. The number of hydrogen-bond acceptors (Lipinski definition) is 4. The summed E-state index contributed by atoms with van der Waals surface area (Å²) in [5, 5.41) is 6.31. The zero-order chi connectivity index (χ0) is 12.3. The number of rotatable bonds is 5. The van der Waals surface area contributed by atoms with Crippen LogP contribution in [0.3, 0.4) is 0 Å². The second-order valence-corrected chi connectivity index (χ2v) is 5.33. The minimum atomic E-state index is -0.0560. The molecule has 2 atom stereocenters. The van der Waals surface area contributed by atoms with E-state index in [9.17, 15) is 4.79 Å². The van der Waals surface area contributed by atoms with E-state index in [0.717, 1.165) is 19.8 Å². The van der Waals surface area contributed by atoms with Gasteiger partial charge in [-0.15, -0.1) is 0 Å². The van der Waals surface area contributed by atoms with Crippen LogP contribution in [0.2, 0.25) is 0 Å². The lowest BCUT2D eigenvalue weighted by atomic mass is 9.88. The quantitative estimate of drug-likeness (QED) is 0.699. The molecule has 17 heavy (non-hydrogen) atoms. The Morgan fingerprint density at radius 3 is 2.71 bits per heavy atom. The van der Waals surface area contributed by atoms with Gasteiger partial charge in [0.25, 0.3) is 0 Å². The third-order valence-corrected chi connectivity index (χ3v) is 3.47. The highest BCUT2D eigenvalue weighted by Gasteiger charge is 2.37. The Morgan fingerprint density at radius 2 is 2.12 bits per heavy atom. The summed E-state index contributed by atoms with van der Waals surface area (Å²) in [6.45, 7) is 8.37. The monoisotopic (exact) mass is 242 g/mol. The Balaban J connectivity index is 1.78. The predicted octanol–water partition coefficient (Wildman–Crippen LogP) is -0.236. The lowest BCUT2D eigenvalue weighted by Crippen LogP contribution is -2.51. The fraction of sp³-hybridized carbons (Fsp3) is 0.917. The number of carbonyl (C=O) groups is 1. The van der Waals surface area contributed by atoms with Crippen LogP contribution in [0.5, 0.6) is 0 Å². The molecule has 98 valence electrons. The van der Waals surface area contributed by atoms with Gasteiger partial charge in [-0.25, -0.2) is 0 Å². The van der Waals surface area contributed by atoms with Crippen molar-refractivity contribution in [1.82, 2.24) is 10.6 Å². The van der Waals surface area contributed by atoms with Gasteiger partial charge in [0.05, 0.1) is 32.3 Å². The molecular weight excluding hydrogens is 220 g/mol. The molecule has 0 aromatic heterocycles. The number of nitrogens with one attached hydrogen (secondary N) is 2. The number of hydrogen-bond donors (Lipinski definition) is 2. The fourth-order valence-electron chi connectivity index (χ4n) is 2.26. The fourth-order valence-corrected chi connectivity index (χ4v) is 2.26. The van der Waals surface area contributed by atoms with Crippen LogP contribution in [0.1, 0.15) is 13.8 Å². The molecular formula is C12H22N2O3. The third kappa shape index (κ3) is 2.97. The highest BCUT2D eigenvalue weighted by molar-refractivity contribution is 5.79. The van der Waals surface area contributed by atoms with Gasteiger partial charge < -0.3 is 20.1 Å². The summed E-state index contributed by atoms with van der Waals surface area (Å²) in [7, 11) is 0. The highest BCUT2D eigenvalue weighted by atomic mass is 16.5. The number of amides is 1. The van der Waals surface area contributed by atoms with Gasteiger partial charge in [0.2, 0.25) is 5.91 Å². The van der Waals surface area contributed by atoms with Gasteiger partial charge >= 0.3 is 0 Å². The van der Waals surface area contributed by atoms with E-state index in [-0.39, 0.29) is 23.3 Å². The Kier molecular flexibility index (Phi) is 4.01. The minimum absolute atomic E-state index is 0.0560.